The average Bonchev–Trinajstić information content (AvgIpc) is 2.31. The third-order valence-corrected chi connectivity index (χ3v) is 2.81. The third-order valence-electron chi connectivity index (χ3n) is 2.81. The molecule has 3 radical (unpaired) electrons. The van der Waals surface area contributed by atoms with E-state index in [4.69, 9.17) is 0 Å². The molecule has 0 amide bonds. The first-order valence-electron chi connectivity index (χ1n) is 4.69. The first-order chi connectivity index (χ1) is 5.20. The molecule has 2 atom stereocenters. The van der Waals surface area contributed by atoms with Gasteiger partial charge in [-0.05, 0) is 37.5 Å². The minimum absolute atomic E-state index is 0.950. The van der Waals surface area contributed by atoms with Gasteiger partial charge in [-0.1, -0.05) is 33.1 Å². The molecule has 0 heteroatoms. The Balaban J connectivity index is 2.15. The summed E-state index contributed by atoms with van der Waals surface area (Å²) in [6, 6.07) is 0. The molecule has 0 aliphatic heterocycles. The lowest BCUT2D eigenvalue weighted by atomic mass is 9.90. The zero-order chi connectivity index (χ0) is 8.27. The fourth-order valence-electron chi connectivity index (χ4n) is 1.92. The maximum Gasteiger partial charge on any atom is -0.0238 e. The normalized spacial score (nSPS) is 31.6. The first kappa shape index (κ1) is 9.09. The summed E-state index contributed by atoms with van der Waals surface area (Å²) in [5.41, 5.74) is 0. The van der Waals surface area contributed by atoms with E-state index in [1.807, 2.05) is 0 Å². The highest BCUT2D eigenvalue weighted by Crippen LogP contribution is 2.34. The molecule has 1 saturated carbocycles. The minimum atomic E-state index is 0.950. The Hall–Kier alpha value is 0. The van der Waals surface area contributed by atoms with Gasteiger partial charge in [-0.3, -0.25) is 0 Å². The summed E-state index contributed by atoms with van der Waals surface area (Å²) in [4.78, 5) is 0. The lowest BCUT2D eigenvalue weighted by molar-refractivity contribution is 0.413. The first-order valence-corrected chi connectivity index (χ1v) is 4.69. The van der Waals surface area contributed by atoms with Crippen LogP contribution in [-0.4, -0.2) is 0 Å². The molecule has 0 spiro atoms. The van der Waals surface area contributed by atoms with Crippen molar-refractivity contribution in [1.29, 1.82) is 0 Å². The highest BCUT2D eigenvalue weighted by atomic mass is 14.3. The van der Waals surface area contributed by atoms with Gasteiger partial charge < -0.3 is 0 Å². The molecule has 0 saturated heterocycles. The van der Waals surface area contributed by atoms with Crippen molar-refractivity contribution in [3.63, 3.8) is 0 Å². The van der Waals surface area contributed by atoms with E-state index in [-0.39, 0.29) is 0 Å². The maximum atomic E-state index is 3.89. The summed E-state index contributed by atoms with van der Waals surface area (Å²) in [5, 5.41) is 0. The molecule has 0 aromatic heterocycles. The quantitative estimate of drug-likeness (QED) is 0.579. The highest BCUT2D eigenvalue weighted by Gasteiger charge is 2.22. The van der Waals surface area contributed by atoms with Crippen molar-refractivity contribution in [1.82, 2.24) is 0 Å². The van der Waals surface area contributed by atoms with Crippen LogP contribution in [0.25, 0.3) is 0 Å². The van der Waals surface area contributed by atoms with Crippen molar-refractivity contribution in [2.45, 2.75) is 39.5 Å². The topological polar surface area (TPSA) is 0 Å². The summed E-state index contributed by atoms with van der Waals surface area (Å²) in [5.74, 6) is 3.13. The van der Waals surface area contributed by atoms with Gasteiger partial charge in [0.2, 0.25) is 0 Å². The Kier molecular flexibility index (Phi) is 3.42. The Morgan fingerprint density at radius 3 is 2.73 bits per heavy atom. The van der Waals surface area contributed by atoms with Crippen LogP contribution in [0.4, 0.5) is 0 Å². The Morgan fingerprint density at radius 2 is 2.27 bits per heavy atom. The zero-order valence-electron chi connectivity index (χ0n) is 7.77. The highest BCUT2D eigenvalue weighted by molar-refractivity contribution is 5.02. The largest absolute Gasteiger partial charge is 0.0622 e. The lowest BCUT2D eigenvalue weighted by Gasteiger charge is -2.15. The van der Waals surface area contributed by atoms with Crippen LogP contribution in [-0.2, 0) is 0 Å². The molecule has 1 rings (SSSR count). The minimum Gasteiger partial charge on any atom is -0.0622 e. The van der Waals surface area contributed by atoms with E-state index in [1.54, 1.807) is 0 Å². The molecule has 1 aliphatic rings. The molecular weight excluding hydrogens is 132 g/mol. The molecule has 0 aromatic rings. The van der Waals surface area contributed by atoms with Crippen molar-refractivity contribution in [2.24, 2.45) is 11.8 Å². The summed E-state index contributed by atoms with van der Waals surface area (Å²) in [7, 11) is 0. The molecule has 1 fully saturated rings. The molecule has 0 bridgehead atoms. The SMILES string of the molecule is [CH2][C](C)[CH]C[C@H]1CCC[C@@H]1C. The summed E-state index contributed by atoms with van der Waals surface area (Å²) < 4.78 is 0. The second-order valence-corrected chi connectivity index (χ2v) is 3.95. The van der Waals surface area contributed by atoms with E-state index in [0.29, 0.717) is 0 Å². The van der Waals surface area contributed by atoms with Gasteiger partial charge in [0.15, 0.2) is 0 Å². The molecular formula is C11H19. The van der Waals surface area contributed by atoms with Crippen LogP contribution in [0.5, 0.6) is 0 Å². The van der Waals surface area contributed by atoms with Gasteiger partial charge in [0.25, 0.3) is 0 Å². The van der Waals surface area contributed by atoms with Crippen molar-refractivity contribution >= 4 is 0 Å². The van der Waals surface area contributed by atoms with Gasteiger partial charge in [-0.25, -0.2) is 0 Å². The lowest BCUT2D eigenvalue weighted by Crippen LogP contribution is -2.05. The predicted octanol–water partition coefficient (Wildman–Crippen LogP) is 3.45. The van der Waals surface area contributed by atoms with Crippen molar-refractivity contribution in [3.8, 4) is 0 Å². The maximum absolute atomic E-state index is 3.89. The molecule has 0 heterocycles. The van der Waals surface area contributed by atoms with E-state index < -0.39 is 0 Å². The molecule has 0 aromatic carbocycles. The Morgan fingerprint density at radius 1 is 1.55 bits per heavy atom. The van der Waals surface area contributed by atoms with Crippen LogP contribution < -0.4 is 0 Å². The third kappa shape index (κ3) is 2.84. The monoisotopic (exact) mass is 151 g/mol. The predicted molar refractivity (Wildman–Crippen MR) is 49.7 cm³/mol. The molecule has 0 nitrogen and oxygen atoms in total. The van der Waals surface area contributed by atoms with Gasteiger partial charge >= 0.3 is 0 Å². The van der Waals surface area contributed by atoms with Gasteiger partial charge in [-0.15, -0.1) is 0 Å². The van der Waals surface area contributed by atoms with Crippen LogP contribution in [0.15, 0.2) is 0 Å². The van der Waals surface area contributed by atoms with E-state index in [9.17, 15) is 0 Å². The zero-order valence-corrected chi connectivity index (χ0v) is 7.77. The van der Waals surface area contributed by atoms with Crippen molar-refractivity contribution < 1.29 is 0 Å². The van der Waals surface area contributed by atoms with Crippen LogP contribution >= 0.6 is 0 Å². The second kappa shape index (κ2) is 4.13. The van der Waals surface area contributed by atoms with E-state index >= 15 is 0 Å². The van der Waals surface area contributed by atoms with Crippen LogP contribution in [0.3, 0.4) is 0 Å². The Bertz CT molecular complexity index is 105. The summed E-state index contributed by atoms with van der Waals surface area (Å²) in [6.07, 6.45) is 7.86. The number of hydrogen-bond donors (Lipinski definition) is 0. The van der Waals surface area contributed by atoms with Crippen molar-refractivity contribution in [3.05, 3.63) is 19.3 Å². The molecule has 0 N–H and O–H groups in total. The van der Waals surface area contributed by atoms with Gasteiger partial charge in [0.1, 0.15) is 0 Å². The fraction of sp³-hybridized carbons (Fsp3) is 0.727. The summed E-state index contributed by atoms with van der Waals surface area (Å²) >= 11 is 0. The van der Waals surface area contributed by atoms with E-state index in [0.717, 1.165) is 11.8 Å². The van der Waals surface area contributed by atoms with Crippen LogP contribution in [0.2, 0.25) is 0 Å². The van der Waals surface area contributed by atoms with E-state index in [2.05, 4.69) is 27.2 Å². The number of hydrogen-bond acceptors (Lipinski definition) is 0. The second-order valence-electron chi connectivity index (χ2n) is 3.95. The van der Waals surface area contributed by atoms with Crippen LogP contribution in [0.1, 0.15) is 39.5 Å². The number of rotatable bonds is 3. The molecule has 63 valence electrons. The average molecular weight is 151 g/mol. The molecule has 1 aliphatic carbocycles. The van der Waals surface area contributed by atoms with Gasteiger partial charge in [-0.2, -0.15) is 0 Å². The van der Waals surface area contributed by atoms with Gasteiger partial charge in [0, 0.05) is 0 Å². The van der Waals surface area contributed by atoms with Crippen molar-refractivity contribution in [2.75, 3.05) is 0 Å². The van der Waals surface area contributed by atoms with Gasteiger partial charge in [0.05, 0.1) is 0 Å². The van der Waals surface area contributed by atoms with E-state index in [1.165, 1.54) is 31.6 Å². The smallest absolute Gasteiger partial charge is 0.0238 e. The summed E-state index contributed by atoms with van der Waals surface area (Å²) in [6.45, 7) is 8.35. The van der Waals surface area contributed by atoms with Crippen LogP contribution in [0, 0.1) is 31.1 Å². The molecule has 0 unspecified atom stereocenters. The standard InChI is InChI=1S/C11H19/c1-9(2)7-8-11-6-4-5-10(11)3/h7,10-11H,1,4-6,8H2,2-3H3/t10-,11+/m0/s1. The Labute approximate surface area is 71.4 Å². The fourth-order valence-corrected chi connectivity index (χ4v) is 1.92. The molecule has 11 heavy (non-hydrogen) atoms.